The van der Waals surface area contributed by atoms with E-state index in [-0.39, 0.29) is 24.6 Å². The van der Waals surface area contributed by atoms with Crippen LogP contribution in [-0.4, -0.2) is 36.0 Å². The molecule has 0 aromatic heterocycles. The number of carbonyl (C=O) groups excluding carboxylic acids is 2. The van der Waals surface area contributed by atoms with E-state index in [1.807, 2.05) is 20.8 Å². The maximum absolute atomic E-state index is 12.7. The van der Waals surface area contributed by atoms with Gasteiger partial charge in [-0.1, -0.05) is 45.0 Å². The van der Waals surface area contributed by atoms with Crippen molar-refractivity contribution in [3.05, 3.63) is 59.2 Å². The lowest BCUT2D eigenvalue weighted by Crippen LogP contribution is -2.28. The molecule has 0 bridgehead atoms. The highest BCUT2D eigenvalue weighted by atomic mass is 16.5. The molecule has 6 heteroatoms. The van der Waals surface area contributed by atoms with Crippen molar-refractivity contribution < 1.29 is 19.4 Å². The predicted molar refractivity (Wildman–Crippen MR) is 109 cm³/mol. The molecule has 2 aromatic carbocycles. The van der Waals surface area contributed by atoms with Crippen molar-refractivity contribution in [1.29, 1.82) is 5.41 Å². The van der Waals surface area contributed by atoms with Crippen molar-refractivity contribution in [2.24, 2.45) is 5.41 Å². The maximum Gasteiger partial charge on any atom is 0.211 e. The van der Waals surface area contributed by atoms with E-state index < -0.39 is 11.2 Å². The zero-order chi connectivity index (χ0) is 20.9. The van der Waals surface area contributed by atoms with Crippen LogP contribution in [0.1, 0.15) is 42.3 Å². The number of benzene rings is 2. The molecule has 0 aliphatic carbocycles. The van der Waals surface area contributed by atoms with Gasteiger partial charge in [0.2, 0.25) is 5.78 Å². The highest BCUT2D eigenvalue weighted by molar-refractivity contribution is 6.51. The quantitative estimate of drug-likeness (QED) is 0.480. The average Bonchev–Trinajstić information content (AvgIpc) is 2.69. The Morgan fingerprint density at radius 3 is 2.29 bits per heavy atom. The Labute approximate surface area is 165 Å². The minimum atomic E-state index is -0.496. The smallest absolute Gasteiger partial charge is 0.211 e. The van der Waals surface area contributed by atoms with E-state index in [4.69, 9.17) is 15.3 Å². The first kappa shape index (κ1) is 21.3. The second kappa shape index (κ2) is 8.80. The number of ether oxygens (including phenoxy) is 1. The van der Waals surface area contributed by atoms with Crippen molar-refractivity contribution >= 4 is 23.0 Å². The Morgan fingerprint density at radius 2 is 1.75 bits per heavy atom. The molecule has 0 aliphatic heterocycles. The topological polar surface area (TPSA) is 99.5 Å². The van der Waals surface area contributed by atoms with E-state index >= 15 is 0 Å². The highest BCUT2D eigenvalue weighted by Gasteiger charge is 2.22. The van der Waals surface area contributed by atoms with Gasteiger partial charge in [-0.05, 0) is 17.7 Å². The second-order valence-electron chi connectivity index (χ2n) is 7.50. The van der Waals surface area contributed by atoms with Crippen LogP contribution in [0.15, 0.2) is 42.5 Å². The first-order valence-corrected chi connectivity index (χ1v) is 8.96. The Morgan fingerprint density at radius 1 is 1.11 bits per heavy atom. The summed E-state index contributed by atoms with van der Waals surface area (Å²) in [5, 5.41) is 20.6. The largest absolute Gasteiger partial charge is 0.497 e. The molecule has 0 aliphatic rings. The molecule has 2 aromatic rings. The minimum Gasteiger partial charge on any atom is -0.497 e. The number of carbonyl (C=O) groups is 2. The van der Waals surface area contributed by atoms with Crippen LogP contribution < -0.4 is 10.1 Å². The molecule has 0 saturated carbocycles. The summed E-state index contributed by atoms with van der Waals surface area (Å²) in [6.45, 7) is 5.48. The first-order chi connectivity index (χ1) is 13.2. The summed E-state index contributed by atoms with van der Waals surface area (Å²) in [7, 11) is 1.53. The fraction of sp³-hybridized carbons (Fsp3) is 0.318. The van der Waals surface area contributed by atoms with Crippen molar-refractivity contribution in [2.75, 3.05) is 19.0 Å². The van der Waals surface area contributed by atoms with Gasteiger partial charge >= 0.3 is 0 Å². The molecular formula is C22H26N2O4. The van der Waals surface area contributed by atoms with E-state index in [9.17, 15) is 9.59 Å². The van der Waals surface area contributed by atoms with Gasteiger partial charge in [-0.25, -0.2) is 0 Å². The third-order valence-corrected chi connectivity index (χ3v) is 4.40. The van der Waals surface area contributed by atoms with E-state index in [0.717, 1.165) is 0 Å². The lowest BCUT2D eigenvalue weighted by molar-refractivity contribution is -0.124. The summed E-state index contributed by atoms with van der Waals surface area (Å²) in [5.74, 6) is 0.126. The van der Waals surface area contributed by atoms with Crippen LogP contribution in [0.2, 0.25) is 0 Å². The molecular weight excluding hydrogens is 356 g/mol. The normalized spacial score (nSPS) is 11.0. The Kier molecular flexibility index (Phi) is 6.70. The van der Waals surface area contributed by atoms with Gasteiger partial charge in [0.25, 0.3) is 0 Å². The molecule has 0 saturated heterocycles. The summed E-state index contributed by atoms with van der Waals surface area (Å²) < 4.78 is 5.23. The fourth-order valence-corrected chi connectivity index (χ4v) is 2.48. The van der Waals surface area contributed by atoms with Crippen LogP contribution in [-0.2, 0) is 11.4 Å². The molecule has 6 nitrogen and oxygen atoms in total. The number of methoxy groups -OCH3 is 1. The van der Waals surface area contributed by atoms with Crippen LogP contribution in [0.25, 0.3) is 0 Å². The van der Waals surface area contributed by atoms with Crippen LogP contribution in [0, 0.1) is 10.8 Å². The second-order valence-corrected chi connectivity index (χ2v) is 7.50. The average molecular weight is 382 g/mol. The predicted octanol–water partition coefficient (Wildman–Crippen LogP) is 3.47. The Balaban J connectivity index is 2.30. The van der Waals surface area contributed by atoms with Crippen molar-refractivity contribution in [3.8, 4) is 5.75 Å². The molecule has 0 amide bonds. The monoisotopic (exact) mass is 382 g/mol. The number of anilines is 1. The van der Waals surface area contributed by atoms with Gasteiger partial charge < -0.3 is 15.2 Å². The number of hydrogen-bond acceptors (Lipinski definition) is 6. The van der Waals surface area contributed by atoms with Crippen molar-refractivity contribution in [3.63, 3.8) is 0 Å². The zero-order valence-corrected chi connectivity index (χ0v) is 16.6. The van der Waals surface area contributed by atoms with Crippen LogP contribution in [0.3, 0.4) is 0 Å². The van der Waals surface area contributed by atoms with E-state index in [1.165, 1.54) is 7.11 Å². The molecule has 0 unspecified atom stereocenters. The Hall–Kier alpha value is -2.99. The van der Waals surface area contributed by atoms with Crippen LogP contribution >= 0.6 is 0 Å². The van der Waals surface area contributed by atoms with Gasteiger partial charge in [-0.15, -0.1) is 0 Å². The number of hydrogen-bond donors (Lipinski definition) is 3. The lowest BCUT2D eigenvalue weighted by atomic mass is 9.90. The fourth-order valence-electron chi connectivity index (χ4n) is 2.48. The zero-order valence-electron chi connectivity index (χ0n) is 16.6. The molecule has 0 heterocycles. The molecule has 28 heavy (non-hydrogen) atoms. The van der Waals surface area contributed by atoms with Gasteiger partial charge in [-0.3, -0.25) is 15.0 Å². The molecule has 148 valence electrons. The number of aliphatic hydroxyl groups is 1. The number of Topliss-reactive ketones (excluding diaryl/α,β-unsaturated/α-hetero) is 2. The third-order valence-electron chi connectivity index (χ3n) is 4.40. The first-order valence-electron chi connectivity index (χ1n) is 8.96. The van der Waals surface area contributed by atoms with E-state index in [2.05, 4.69) is 5.32 Å². The third kappa shape index (κ3) is 5.04. The van der Waals surface area contributed by atoms with Gasteiger partial charge in [-0.2, -0.15) is 0 Å². The van der Waals surface area contributed by atoms with E-state index in [0.29, 0.717) is 28.1 Å². The Bertz CT molecular complexity index is 880. The number of aliphatic hydroxyl groups excluding tert-OH is 1. The SMILES string of the molecule is COc1ccc(C(=N)C(=O)c2ccc(CO)cc2)c(NCC(=O)C(C)(C)C)c1. The number of rotatable bonds is 8. The van der Waals surface area contributed by atoms with Gasteiger partial charge in [0.05, 0.1) is 20.3 Å². The maximum atomic E-state index is 12.7. The van der Waals surface area contributed by atoms with Gasteiger partial charge in [0.15, 0.2) is 5.78 Å². The molecule has 0 fully saturated rings. The molecule has 2 rings (SSSR count). The molecule has 0 spiro atoms. The van der Waals surface area contributed by atoms with Crippen molar-refractivity contribution in [1.82, 2.24) is 0 Å². The standard InChI is InChI=1S/C22H26N2O4/c1-22(2,3)19(26)12-24-18-11-16(28-4)9-10-17(18)20(23)21(27)15-7-5-14(13-25)6-8-15/h5-11,23-25H,12-13H2,1-4H3. The summed E-state index contributed by atoms with van der Waals surface area (Å²) in [4.78, 5) is 25.0. The minimum absolute atomic E-state index is 0.0127. The van der Waals surface area contributed by atoms with Crippen LogP contribution in [0.4, 0.5) is 5.69 Å². The molecule has 0 radical (unpaired) electrons. The summed E-state index contributed by atoms with van der Waals surface area (Å²) in [6.07, 6.45) is 0. The molecule has 0 atom stereocenters. The van der Waals surface area contributed by atoms with Gasteiger partial charge in [0, 0.05) is 28.3 Å². The van der Waals surface area contributed by atoms with E-state index in [1.54, 1.807) is 42.5 Å². The summed E-state index contributed by atoms with van der Waals surface area (Å²) in [6, 6.07) is 11.4. The summed E-state index contributed by atoms with van der Waals surface area (Å²) in [5.41, 5.74) is 1.24. The van der Waals surface area contributed by atoms with Crippen LogP contribution in [0.5, 0.6) is 5.75 Å². The highest BCUT2D eigenvalue weighted by Crippen LogP contribution is 2.25. The molecule has 3 N–H and O–H groups in total. The number of ketones is 2. The van der Waals surface area contributed by atoms with Gasteiger partial charge in [0.1, 0.15) is 11.5 Å². The summed E-state index contributed by atoms with van der Waals surface area (Å²) >= 11 is 0. The lowest BCUT2D eigenvalue weighted by Gasteiger charge is -2.19. The number of nitrogens with one attached hydrogen (secondary N) is 2. The van der Waals surface area contributed by atoms with Crippen molar-refractivity contribution in [2.45, 2.75) is 27.4 Å².